The number of hydrogen-bond donors (Lipinski definition) is 3. The Balaban J connectivity index is 0.00000132. The molecular weight excluding hydrogens is 1090 g/mol. The Labute approximate surface area is 469 Å². The SMILES string of the molecule is C=CC[C@@H]1O[C@@H]([C@@H](O)/C=C/[Si](C)(C)C)C(O)[C@@H](O)[C@H]1C.C=CC[C@@H]1O[C@@H]([C@H](/C=C/[Si](C)(C)C)O[Si](C)(C)C(C)(C)C)[C@@H](O[Si](C)(C)C(C)(C)C)[C@@H](O[Si](C)(C)C(C)(C)C)[C@H]1C.CC(C)(C)[Si](C)(C)OS(=O)(=O)C(F)(F)F. The molecule has 1 unspecified atom stereocenters. The predicted octanol–water partition coefficient (Wildman–Crippen LogP) is 14.9. The Bertz CT molecular complexity index is 1990. The highest BCUT2D eigenvalue weighted by Crippen LogP contribution is 2.47. The molecule has 0 aromatic carbocycles. The summed E-state index contributed by atoms with van der Waals surface area (Å²) < 4.78 is 97.2. The number of alkyl halides is 3. The normalized spacial score (nSPS) is 27.3. The van der Waals surface area contributed by atoms with Gasteiger partial charge in [0.15, 0.2) is 25.0 Å². The summed E-state index contributed by atoms with van der Waals surface area (Å²) in [6, 6.07) is 0. The summed E-state index contributed by atoms with van der Waals surface area (Å²) in [6.07, 6.45) is 4.45. The van der Waals surface area contributed by atoms with Crippen LogP contribution in [0.2, 0.25) is 112 Å². The Kier molecular flexibility index (Phi) is 27.2. The fraction of sp³-hybridized carbons (Fsp3) is 0.855. The summed E-state index contributed by atoms with van der Waals surface area (Å²) in [5.74, 6) is -0.0185. The standard InChI is InChI=1S/C33H70O4Si4.C15H28O4Si.C7H15F3O3SSi/c1-21-22-26-25(2)28(36-40(17,18)32(6,7)8)30(37-41(19,20)33(9,10)11)29(34-26)27(23-24-38(12,13)14)35-39(15,16)31(3,4)5;1-6-7-12-10(2)13(17)14(18)15(19-12)11(16)8-9-20(3,4)5;1-6(2,3)15(4,5)13-14(11,12)7(8,9)10/h21,23-30H,1,22H2,2-20H3;6,8-18H,1,7H2,2-5H3;1-5H3/b24-23+;9-8+;/t25-,26-,27-,28-,29-,30-;10-,11-,12-,13-,14?,15-;/m00./s1. The zero-order valence-electron chi connectivity index (χ0n) is 52.9. The summed E-state index contributed by atoms with van der Waals surface area (Å²) in [5, 5.41) is 30.1. The van der Waals surface area contributed by atoms with Crippen LogP contribution in [-0.4, -0.2) is 140 Å². The van der Waals surface area contributed by atoms with Crippen molar-refractivity contribution in [3.8, 4) is 0 Å². The molecule has 0 bridgehead atoms. The van der Waals surface area contributed by atoms with E-state index in [1.165, 1.54) is 13.1 Å². The van der Waals surface area contributed by atoms with Crippen molar-refractivity contribution < 1.29 is 63.5 Å². The highest BCUT2D eigenvalue weighted by Gasteiger charge is 2.56. The third kappa shape index (κ3) is 22.4. The highest BCUT2D eigenvalue weighted by molar-refractivity contribution is 7.88. The number of hydrogen-bond acceptors (Lipinski definition) is 11. The van der Waals surface area contributed by atoms with Crippen molar-refractivity contribution in [2.75, 3.05) is 0 Å². The topological polar surface area (TPSA) is 150 Å². The molecule has 0 amide bonds. The van der Waals surface area contributed by atoms with Gasteiger partial charge in [-0.05, 0) is 85.4 Å². The average molecular weight is 1210 g/mol. The van der Waals surface area contributed by atoms with Gasteiger partial charge >= 0.3 is 15.6 Å². The number of ether oxygens (including phenoxy) is 2. The molecule has 2 aliphatic rings. The first kappa shape index (κ1) is 75.6. The average Bonchev–Trinajstić information content (AvgIpc) is 3.18. The van der Waals surface area contributed by atoms with Crippen LogP contribution >= 0.6 is 0 Å². The van der Waals surface area contributed by atoms with E-state index in [0.717, 1.165) is 6.42 Å². The van der Waals surface area contributed by atoms with Gasteiger partial charge in [0, 0.05) is 11.8 Å². The molecule has 0 aromatic rings. The van der Waals surface area contributed by atoms with Crippen molar-refractivity contribution in [3.63, 3.8) is 0 Å². The van der Waals surface area contributed by atoms with Crippen molar-refractivity contribution in [2.24, 2.45) is 11.8 Å². The third-order valence-corrected chi connectivity index (χ3v) is 38.9. The number of aliphatic hydroxyl groups excluding tert-OH is 3. The van der Waals surface area contributed by atoms with E-state index in [1.54, 1.807) is 32.9 Å². The first-order chi connectivity index (χ1) is 33.3. The molecule has 76 heavy (non-hydrogen) atoms. The van der Waals surface area contributed by atoms with Gasteiger partial charge in [-0.25, -0.2) is 0 Å². The number of aliphatic hydroxyl groups is 3. The van der Waals surface area contributed by atoms with Crippen LogP contribution in [0.4, 0.5) is 13.2 Å². The lowest BCUT2D eigenvalue weighted by atomic mass is 9.85. The summed E-state index contributed by atoms with van der Waals surface area (Å²) in [5.41, 5.74) is -0.898. The zero-order chi connectivity index (χ0) is 60.8. The van der Waals surface area contributed by atoms with Crippen molar-refractivity contribution in [1.29, 1.82) is 0 Å². The van der Waals surface area contributed by atoms with Crippen molar-refractivity contribution in [1.82, 2.24) is 0 Å². The van der Waals surface area contributed by atoms with E-state index in [4.69, 9.17) is 22.8 Å². The first-order valence-electron chi connectivity index (χ1n) is 27.4. The van der Waals surface area contributed by atoms with E-state index in [-0.39, 0.29) is 63.6 Å². The maximum absolute atomic E-state index is 12.1. The van der Waals surface area contributed by atoms with Crippen molar-refractivity contribution in [2.45, 2.75) is 288 Å². The smallest absolute Gasteiger partial charge is 0.411 e. The second-order valence-electron chi connectivity index (χ2n) is 29.7. The molecular formula is C55H113F3O11SSi6. The summed E-state index contributed by atoms with van der Waals surface area (Å²) in [7, 11) is -17.8. The molecule has 2 fully saturated rings. The molecule has 0 aromatic heterocycles. The molecule has 2 heterocycles. The minimum absolute atomic E-state index is 0.00247. The quantitative estimate of drug-likeness (QED) is 0.0684. The molecule has 11 nitrogen and oxygen atoms in total. The maximum atomic E-state index is 12.1. The molecule has 0 radical (unpaired) electrons. The predicted molar refractivity (Wildman–Crippen MR) is 328 cm³/mol. The fourth-order valence-corrected chi connectivity index (χ4v) is 16.1. The van der Waals surface area contributed by atoms with Crippen LogP contribution in [0.5, 0.6) is 0 Å². The van der Waals surface area contributed by atoms with Crippen LogP contribution < -0.4 is 0 Å². The molecule has 12 atom stereocenters. The molecule has 450 valence electrons. The van der Waals surface area contributed by atoms with Gasteiger partial charge in [-0.15, -0.1) is 13.2 Å². The minimum atomic E-state index is -5.48. The van der Waals surface area contributed by atoms with Crippen LogP contribution in [0.3, 0.4) is 0 Å². The van der Waals surface area contributed by atoms with Crippen LogP contribution in [0, 0.1) is 11.8 Å². The monoisotopic (exact) mass is 1210 g/mol. The van der Waals surface area contributed by atoms with Gasteiger partial charge in [-0.3, -0.25) is 0 Å². The zero-order valence-corrected chi connectivity index (χ0v) is 59.7. The molecule has 21 heteroatoms. The molecule has 0 saturated carbocycles. The van der Waals surface area contributed by atoms with E-state index in [1.807, 2.05) is 18.7 Å². The van der Waals surface area contributed by atoms with Gasteiger partial charge in [-0.2, -0.15) is 21.6 Å². The van der Waals surface area contributed by atoms with Crippen molar-refractivity contribution in [3.05, 3.63) is 48.9 Å². The minimum Gasteiger partial charge on any atom is -0.411 e. The first-order valence-corrected chi connectivity index (χ1v) is 47.6. The van der Waals surface area contributed by atoms with E-state index >= 15 is 0 Å². The van der Waals surface area contributed by atoms with E-state index in [9.17, 15) is 36.9 Å². The number of rotatable bonds is 18. The van der Waals surface area contributed by atoms with Gasteiger partial charge in [0.05, 0.1) is 52.8 Å². The van der Waals surface area contributed by atoms with Gasteiger partial charge in [-0.1, -0.05) is 172 Å². The lowest BCUT2D eigenvalue weighted by Gasteiger charge is -2.54. The molecule has 0 aliphatic carbocycles. The van der Waals surface area contributed by atoms with E-state index in [0.29, 0.717) is 6.42 Å². The Morgan fingerprint density at radius 2 is 0.908 bits per heavy atom. The lowest BCUT2D eigenvalue weighted by Crippen LogP contribution is -2.65. The van der Waals surface area contributed by atoms with E-state index < -0.39 is 94.5 Å². The van der Waals surface area contributed by atoms with Gasteiger partial charge in [0.2, 0.25) is 8.32 Å². The number of halogens is 3. The molecule has 3 N–H and O–H groups in total. The molecule has 0 spiro atoms. The highest BCUT2D eigenvalue weighted by atomic mass is 32.2. The molecule has 2 aliphatic heterocycles. The Morgan fingerprint density at radius 1 is 0.553 bits per heavy atom. The maximum Gasteiger partial charge on any atom is 0.522 e. The van der Waals surface area contributed by atoms with Crippen LogP contribution in [-0.2, 0) is 36.7 Å². The second kappa shape index (κ2) is 27.4. The van der Waals surface area contributed by atoms with Gasteiger partial charge in [0.25, 0.3) is 0 Å². The van der Waals surface area contributed by atoms with Crippen LogP contribution in [0.25, 0.3) is 0 Å². The molecule has 2 saturated heterocycles. The van der Waals surface area contributed by atoms with E-state index in [2.05, 4.69) is 177 Å². The van der Waals surface area contributed by atoms with Gasteiger partial charge < -0.3 is 41.9 Å². The summed E-state index contributed by atoms with van der Waals surface area (Å²) in [6.45, 7) is 68.4. The summed E-state index contributed by atoms with van der Waals surface area (Å²) in [4.78, 5) is 0. The van der Waals surface area contributed by atoms with Crippen LogP contribution in [0.1, 0.15) is 110 Å². The largest absolute Gasteiger partial charge is 0.522 e. The molecule has 2 rings (SSSR count). The van der Waals surface area contributed by atoms with Crippen molar-refractivity contribution >= 4 is 59.5 Å². The van der Waals surface area contributed by atoms with Gasteiger partial charge in [0.1, 0.15) is 24.4 Å². The second-order valence-corrected chi connectivity index (χ2v) is 60.7. The Hall–Kier alpha value is -0.359. The van der Waals surface area contributed by atoms with Crippen LogP contribution in [0.15, 0.2) is 48.9 Å². The Morgan fingerprint density at radius 3 is 1.26 bits per heavy atom. The third-order valence-electron chi connectivity index (χ3n) is 16.4. The fourth-order valence-electron chi connectivity index (χ4n) is 7.05. The summed E-state index contributed by atoms with van der Waals surface area (Å²) >= 11 is 0. The lowest BCUT2D eigenvalue weighted by molar-refractivity contribution is -0.214.